The topological polar surface area (TPSA) is 73.0 Å². The van der Waals surface area contributed by atoms with Gasteiger partial charge in [0.05, 0.1) is 12.3 Å². The summed E-state index contributed by atoms with van der Waals surface area (Å²) in [5, 5.41) is 2.94. The van der Waals surface area contributed by atoms with Crippen LogP contribution in [-0.4, -0.2) is 16.9 Å². The van der Waals surface area contributed by atoms with Gasteiger partial charge in [0.15, 0.2) is 0 Å². The van der Waals surface area contributed by atoms with Crippen molar-refractivity contribution in [2.75, 3.05) is 12.8 Å². The molecule has 0 aliphatic heterocycles. The van der Waals surface area contributed by atoms with Crippen molar-refractivity contribution in [3.8, 4) is 0 Å². The lowest BCUT2D eigenvalue weighted by atomic mass is 10.3. The lowest BCUT2D eigenvalue weighted by Crippen LogP contribution is -2.18. The van der Waals surface area contributed by atoms with Crippen molar-refractivity contribution < 1.29 is 4.74 Å². The van der Waals surface area contributed by atoms with Crippen LogP contribution in [0.2, 0.25) is 0 Å². The summed E-state index contributed by atoms with van der Waals surface area (Å²) in [4.78, 5) is 11.5. The summed E-state index contributed by atoms with van der Waals surface area (Å²) < 4.78 is 6.45. The third-order valence-corrected chi connectivity index (χ3v) is 2.09. The van der Waals surface area contributed by atoms with E-state index < -0.39 is 0 Å². The van der Waals surface area contributed by atoms with Gasteiger partial charge in [-0.1, -0.05) is 13.3 Å². The Morgan fingerprint density at radius 1 is 1.57 bits per heavy atom. The van der Waals surface area contributed by atoms with Crippen LogP contribution < -0.4 is 11.3 Å². The molecule has 5 heteroatoms. The van der Waals surface area contributed by atoms with Crippen LogP contribution in [0.3, 0.4) is 0 Å². The number of nitrogens with one attached hydrogen (secondary N) is 1. The van der Waals surface area contributed by atoms with Crippen LogP contribution in [0.25, 0.3) is 0 Å². The van der Waals surface area contributed by atoms with Gasteiger partial charge >= 0.3 is 0 Å². The summed E-state index contributed by atoms with van der Waals surface area (Å²) in [6, 6.07) is 0. The van der Waals surface area contributed by atoms with E-state index in [0.29, 0.717) is 18.8 Å². The Morgan fingerprint density at radius 3 is 2.86 bits per heavy atom. The van der Waals surface area contributed by atoms with Crippen LogP contribution >= 0.6 is 0 Å². The minimum atomic E-state index is -0.148. The number of nitrogens with two attached hydrogens (primary N) is 1. The van der Waals surface area contributed by atoms with Gasteiger partial charge in [0.25, 0.3) is 5.56 Å². The largest absolute Gasteiger partial charge is 0.393 e. The zero-order chi connectivity index (χ0) is 10.6. The second-order valence-corrected chi connectivity index (χ2v) is 3.25. The van der Waals surface area contributed by atoms with E-state index in [4.69, 9.17) is 10.5 Å². The molecule has 14 heavy (non-hydrogen) atoms. The van der Waals surface area contributed by atoms with E-state index in [1.165, 1.54) is 4.68 Å². The predicted molar refractivity (Wildman–Crippen MR) is 55.1 cm³/mol. The Hall–Kier alpha value is -1.23. The van der Waals surface area contributed by atoms with Gasteiger partial charge in [-0.05, 0) is 6.42 Å². The summed E-state index contributed by atoms with van der Waals surface area (Å²) in [6.07, 6.45) is 2.01. The Morgan fingerprint density at radius 2 is 2.29 bits per heavy atom. The maximum Gasteiger partial charge on any atom is 0.290 e. The normalized spacial score (nSPS) is 10.7. The van der Waals surface area contributed by atoms with Crippen LogP contribution in [-0.2, 0) is 17.9 Å². The maximum atomic E-state index is 11.5. The molecular formula is C9H17N3O2. The summed E-state index contributed by atoms with van der Waals surface area (Å²) >= 11 is 0. The molecule has 0 bridgehead atoms. The van der Waals surface area contributed by atoms with Gasteiger partial charge in [-0.15, -0.1) is 0 Å². The molecule has 0 saturated heterocycles. The first-order valence-corrected chi connectivity index (χ1v) is 4.76. The molecule has 0 unspecified atom stereocenters. The van der Waals surface area contributed by atoms with Gasteiger partial charge in [0.2, 0.25) is 0 Å². The second-order valence-electron chi connectivity index (χ2n) is 3.25. The van der Waals surface area contributed by atoms with E-state index >= 15 is 0 Å². The summed E-state index contributed by atoms with van der Waals surface area (Å²) in [7, 11) is 1.57. The van der Waals surface area contributed by atoms with E-state index in [1.54, 1.807) is 7.11 Å². The molecule has 0 aliphatic rings. The molecule has 5 nitrogen and oxygen atoms in total. The zero-order valence-electron chi connectivity index (χ0n) is 8.67. The second kappa shape index (κ2) is 4.85. The molecule has 0 atom stereocenters. The maximum absolute atomic E-state index is 11.5. The number of hydrogen-bond acceptors (Lipinski definition) is 3. The Bertz CT molecular complexity index is 340. The number of nitrogen functional groups attached to an aromatic ring is 1. The fraction of sp³-hybridized carbons (Fsp3) is 0.667. The molecule has 1 aromatic rings. The molecular weight excluding hydrogens is 182 g/mol. The first-order valence-electron chi connectivity index (χ1n) is 4.76. The van der Waals surface area contributed by atoms with Crippen molar-refractivity contribution in [2.24, 2.45) is 0 Å². The summed E-state index contributed by atoms with van der Waals surface area (Å²) in [5.74, 6) is 0. The van der Waals surface area contributed by atoms with Crippen LogP contribution in [0.4, 0.5) is 5.69 Å². The standard InChI is InChI=1S/C9H17N3O2/c1-3-4-5-12-9(13)8(10)7(11-12)6-14-2/h11H,3-6,10H2,1-2H3. The first-order chi connectivity index (χ1) is 6.70. The average Bonchev–Trinajstić information content (AvgIpc) is 2.44. The molecule has 0 saturated carbocycles. The fourth-order valence-corrected chi connectivity index (χ4v) is 1.28. The molecule has 0 amide bonds. The quantitative estimate of drug-likeness (QED) is 0.733. The van der Waals surface area contributed by atoms with Crippen molar-refractivity contribution in [3.63, 3.8) is 0 Å². The van der Waals surface area contributed by atoms with Gasteiger partial charge < -0.3 is 10.5 Å². The predicted octanol–water partition coefficient (Wildman–Crippen LogP) is 0.705. The number of rotatable bonds is 5. The van der Waals surface area contributed by atoms with E-state index in [0.717, 1.165) is 12.8 Å². The number of unbranched alkanes of at least 4 members (excludes halogenated alkanes) is 1. The number of ether oxygens (including phenoxy) is 1. The Labute approximate surface area is 82.8 Å². The minimum Gasteiger partial charge on any atom is -0.393 e. The average molecular weight is 199 g/mol. The minimum absolute atomic E-state index is 0.148. The number of hydrogen-bond donors (Lipinski definition) is 2. The van der Waals surface area contributed by atoms with E-state index in [2.05, 4.69) is 12.0 Å². The fourth-order valence-electron chi connectivity index (χ4n) is 1.28. The summed E-state index contributed by atoms with van der Waals surface area (Å²) in [6.45, 7) is 3.11. The SMILES string of the molecule is CCCCn1[nH]c(COC)c(N)c1=O. The van der Waals surface area contributed by atoms with Crippen molar-refractivity contribution >= 4 is 5.69 Å². The van der Waals surface area contributed by atoms with Crippen molar-refractivity contribution in [1.82, 2.24) is 9.78 Å². The van der Waals surface area contributed by atoms with Crippen LogP contribution in [0.15, 0.2) is 4.79 Å². The number of methoxy groups -OCH3 is 1. The highest BCUT2D eigenvalue weighted by Crippen LogP contribution is 2.04. The molecule has 80 valence electrons. The highest BCUT2D eigenvalue weighted by Gasteiger charge is 2.09. The van der Waals surface area contributed by atoms with Crippen LogP contribution in [0.5, 0.6) is 0 Å². The lowest BCUT2D eigenvalue weighted by Gasteiger charge is -1.99. The number of aryl methyl sites for hydroxylation is 1. The molecule has 0 spiro atoms. The number of aromatic nitrogens is 2. The van der Waals surface area contributed by atoms with E-state index in [-0.39, 0.29) is 11.2 Å². The molecule has 0 aliphatic carbocycles. The third kappa shape index (κ3) is 2.17. The van der Waals surface area contributed by atoms with Crippen LogP contribution in [0, 0.1) is 0 Å². The third-order valence-electron chi connectivity index (χ3n) is 2.09. The van der Waals surface area contributed by atoms with Gasteiger partial charge in [0, 0.05) is 13.7 Å². The molecule has 1 aromatic heterocycles. The highest BCUT2D eigenvalue weighted by atomic mass is 16.5. The number of anilines is 1. The van der Waals surface area contributed by atoms with Crippen molar-refractivity contribution in [3.05, 3.63) is 16.0 Å². The molecule has 0 fully saturated rings. The van der Waals surface area contributed by atoms with Gasteiger partial charge in [0.1, 0.15) is 5.69 Å². The summed E-state index contributed by atoms with van der Waals surface area (Å²) in [5.41, 5.74) is 6.40. The molecule has 0 radical (unpaired) electrons. The Balaban J connectivity index is 2.85. The van der Waals surface area contributed by atoms with Crippen LogP contribution in [0.1, 0.15) is 25.5 Å². The van der Waals surface area contributed by atoms with Gasteiger partial charge in [-0.3, -0.25) is 14.6 Å². The molecule has 1 heterocycles. The molecule has 3 N–H and O–H groups in total. The molecule has 1 rings (SSSR count). The van der Waals surface area contributed by atoms with Crippen molar-refractivity contribution in [2.45, 2.75) is 32.9 Å². The first kappa shape index (κ1) is 10.8. The number of nitrogens with zero attached hydrogens (tertiary/aromatic N) is 1. The van der Waals surface area contributed by atoms with E-state index in [9.17, 15) is 4.79 Å². The molecule has 0 aromatic carbocycles. The smallest absolute Gasteiger partial charge is 0.290 e. The number of H-pyrrole nitrogens is 1. The lowest BCUT2D eigenvalue weighted by molar-refractivity contribution is 0.181. The van der Waals surface area contributed by atoms with E-state index in [1.807, 2.05) is 0 Å². The highest BCUT2D eigenvalue weighted by molar-refractivity contribution is 5.40. The number of aromatic amines is 1. The monoisotopic (exact) mass is 199 g/mol. The zero-order valence-corrected chi connectivity index (χ0v) is 8.67. The van der Waals surface area contributed by atoms with Gasteiger partial charge in [-0.2, -0.15) is 0 Å². The Kier molecular flexibility index (Phi) is 3.76. The van der Waals surface area contributed by atoms with Gasteiger partial charge in [-0.25, -0.2) is 0 Å². The van der Waals surface area contributed by atoms with Crippen molar-refractivity contribution in [1.29, 1.82) is 0 Å².